The molecule has 0 saturated heterocycles. The number of hydrogen-bond acceptors (Lipinski definition) is 8. The molecular weight excluding hydrogens is 438 g/mol. The van der Waals surface area contributed by atoms with E-state index in [1.807, 2.05) is 74.1 Å². The molecule has 3 heterocycles. The van der Waals surface area contributed by atoms with Crippen LogP contribution in [-0.4, -0.2) is 46.6 Å². The number of methoxy groups -OCH3 is 2. The molecule has 4 aromatic rings. The molecule has 3 aromatic heterocycles. The molecule has 0 saturated carbocycles. The number of ether oxygens (including phenoxy) is 3. The van der Waals surface area contributed by atoms with E-state index in [4.69, 9.17) is 19.2 Å². The second-order valence-corrected chi connectivity index (χ2v) is 7.05. The number of anilines is 1. The average molecular weight is 468 g/mol. The molecule has 1 N–H and O–H groups in total. The maximum atomic E-state index is 5.68. The minimum atomic E-state index is 0.534. The molecule has 0 amide bonds. The molecule has 1 aromatic carbocycles. The van der Waals surface area contributed by atoms with Crippen LogP contribution in [0.4, 0.5) is 5.82 Å². The van der Waals surface area contributed by atoms with Gasteiger partial charge in [0.2, 0.25) is 5.88 Å². The summed E-state index contributed by atoms with van der Waals surface area (Å²) in [5.74, 6) is 2.48. The fourth-order valence-electron chi connectivity index (χ4n) is 3.37. The van der Waals surface area contributed by atoms with Crippen LogP contribution < -0.4 is 18.9 Å². The molecule has 33 heavy (non-hydrogen) atoms. The lowest BCUT2D eigenvalue weighted by atomic mass is 10.2. The van der Waals surface area contributed by atoms with Gasteiger partial charge in [0.05, 0.1) is 38.4 Å². The molecule has 0 spiro atoms. The van der Waals surface area contributed by atoms with Crippen molar-refractivity contribution in [3.63, 3.8) is 0 Å². The lowest BCUT2D eigenvalue weighted by molar-refractivity contribution is 0.327. The van der Waals surface area contributed by atoms with Crippen molar-refractivity contribution >= 4 is 28.9 Å². The number of aromatic nitrogens is 4. The van der Waals surface area contributed by atoms with Crippen LogP contribution in [0, 0.1) is 0 Å². The molecule has 0 aliphatic rings. The first-order valence-electron chi connectivity index (χ1n) is 10.7. The van der Waals surface area contributed by atoms with Crippen molar-refractivity contribution in [1.29, 1.82) is 0 Å². The van der Waals surface area contributed by atoms with Crippen LogP contribution >= 0.6 is 11.9 Å². The minimum Gasteiger partial charge on any atom is -0.494 e. The van der Waals surface area contributed by atoms with Crippen molar-refractivity contribution in [3.8, 4) is 34.5 Å². The van der Waals surface area contributed by atoms with E-state index in [9.17, 15) is 0 Å². The molecule has 0 radical (unpaired) electrons. The Bertz CT molecular complexity index is 1190. The van der Waals surface area contributed by atoms with Crippen LogP contribution in [0.15, 0.2) is 48.7 Å². The van der Waals surface area contributed by atoms with Gasteiger partial charge in [-0.05, 0) is 31.2 Å². The number of benzene rings is 1. The highest BCUT2D eigenvalue weighted by molar-refractivity contribution is 7.99. The summed E-state index contributed by atoms with van der Waals surface area (Å²) >= 11 is 1.45. The Morgan fingerprint density at radius 2 is 1.70 bits per heavy atom. The highest BCUT2D eigenvalue weighted by Crippen LogP contribution is 2.39. The molecule has 0 aliphatic heterocycles. The van der Waals surface area contributed by atoms with Crippen molar-refractivity contribution in [3.05, 3.63) is 48.7 Å². The number of nitrogens with one attached hydrogen (secondary N) is 1. The largest absolute Gasteiger partial charge is 0.494 e. The van der Waals surface area contributed by atoms with E-state index in [0.29, 0.717) is 35.5 Å². The second-order valence-electron chi connectivity index (χ2n) is 6.44. The van der Waals surface area contributed by atoms with Gasteiger partial charge in [0, 0.05) is 12.3 Å². The van der Waals surface area contributed by atoms with E-state index in [1.165, 1.54) is 11.9 Å². The molecule has 0 fully saturated rings. The van der Waals surface area contributed by atoms with Gasteiger partial charge in [-0.2, -0.15) is 0 Å². The van der Waals surface area contributed by atoms with E-state index in [-0.39, 0.29) is 0 Å². The first kappa shape index (κ1) is 24.2. The van der Waals surface area contributed by atoms with Gasteiger partial charge in [0.15, 0.2) is 11.5 Å². The third kappa shape index (κ3) is 4.98. The molecule has 0 unspecified atom stereocenters. The minimum absolute atomic E-state index is 0.534. The van der Waals surface area contributed by atoms with Gasteiger partial charge in [-0.3, -0.25) is 4.57 Å². The summed E-state index contributed by atoms with van der Waals surface area (Å²) in [4.78, 5) is 14.1. The van der Waals surface area contributed by atoms with Gasteiger partial charge in [0.1, 0.15) is 22.7 Å². The predicted molar refractivity (Wildman–Crippen MR) is 135 cm³/mol. The standard InChI is InChI=1S/C22H23N5O3S.C2H6/c1-5-30-20-11-6-8-14(24-20)16-12-15-22(25-19(13-23-15)26-31-4)27(16)21-17(28-2)9-7-10-18(21)29-3;1-2/h6-13H,5H2,1-4H3,(H,25,26);1-2H3. The summed E-state index contributed by atoms with van der Waals surface area (Å²) in [5.41, 5.74) is 3.61. The number of para-hydroxylation sites is 1. The van der Waals surface area contributed by atoms with Crippen molar-refractivity contribution < 1.29 is 14.2 Å². The zero-order valence-electron chi connectivity index (χ0n) is 19.7. The van der Waals surface area contributed by atoms with E-state index < -0.39 is 0 Å². The van der Waals surface area contributed by atoms with Crippen LogP contribution in [0.3, 0.4) is 0 Å². The Morgan fingerprint density at radius 3 is 2.33 bits per heavy atom. The number of rotatable bonds is 8. The highest BCUT2D eigenvalue weighted by atomic mass is 32.2. The Hall–Kier alpha value is -3.46. The van der Waals surface area contributed by atoms with Gasteiger partial charge in [-0.1, -0.05) is 37.9 Å². The van der Waals surface area contributed by atoms with Crippen LogP contribution in [-0.2, 0) is 0 Å². The first-order chi connectivity index (χ1) is 16.2. The smallest absolute Gasteiger partial charge is 0.213 e. The van der Waals surface area contributed by atoms with Crippen molar-refractivity contribution in [2.24, 2.45) is 0 Å². The van der Waals surface area contributed by atoms with Crippen LogP contribution in [0.25, 0.3) is 28.2 Å². The molecule has 174 valence electrons. The highest BCUT2D eigenvalue weighted by Gasteiger charge is 2.22. The van der Waals surface area contributed by atoms with Gasteiger partial charge < -0.3 is 18.9 Å². The van der Waals surface area contributed by atoms with Crippen molar-refractivity contribution in [1.82, 2.24) is 19.5 Å². The quantitative estimate of drug-likeness (QED) is 0.335. The van der Waals surface area contributed by atoms with Gasteiger partial charge >= 0.3 is 0 Å². The summed E-state index contributed by atoms with van der Waals surface area (Å²) in [7, 11) is 3.26. The summed E-state index contributed by atoms with van der Waals surface area (Å²) < 4.78 is 22.1. The maximum absolute atomic E-state index is 5.68. The zero-order valence-corrected chi connectivity index (χ0v) is 20.6. The monoisotopic (exact) mass is 467 g/mol. The molecule has 0 bridgehead atoms. The van der Waals surface area contributed by atoms with Gasteiger partial charge in [0.25, 0.3) is 0 Å². The number of hydrogen-bond donors (Lipinski definition) is 1. The maximum Gasteiger partial charge on any atom is 0.213 e. The molecular formula is C24H29N5O3S. The summed E-state index contributed by atoms with van der Waals surface area (Å²) in [6, 6.07) is 13.3. The normalized spacial score (nSPS) is 10.4. The fourth-order valence-corrected chi connectivity index (χ4v) is 3.68. The van der Waals surface area contributed by atoms with E-state index in [0.717, 1.165) is 22.6 Å². The molecule has 0 aliphatic carbocycles. The summed E-state index contributed by atoms with van der Waals surface area (Å²) in [6.07, 6.45) is 3.64. The third-order valence-electron chi connectivity index (χ3n) is 4.62. The van der Waals surface area contributed by atoms with Gasteiger partial charge in [-0.15, -0.1) is 0 Å². The Balaban J connectivity index is 0.00000149. The number of pyridine rings is 1. The Labute approximate surface area is 198 Å². The average Bonchev–Trinajstić information content (AvgIpc) is 3.23. The van der Waals surface area contributed by atoms with Crippen LogP contribution in [0.5, 0.6) is 17.4 Å². The summed E-state index contributed by atoms with van der Waals surface area (Å²) in [6.45, 7) is 6.46. The predicted octanol–water partition coefficient (Wildman–Crippen LogP) is 5.61. The van der Waals surface area contributed by atoms with Crippen molar-refractivity contribution in [2.45, 2.75) is 20.8 Å². The molecule has 8 nitrogen and oxygen atoms in total. The van der Waals surface area contributed by atoms with E-state index in [1.54, 1.807) is 20.4 Å². The third-order valence-corrected chi connectivity index (χ3v) is 5.03. The SMILES string of the molecule is CC.CCOc1cccc(-c2cc3ncc(NSC)nc3n2-c2c(OC)cccc2OC)n1. The van der Waals surface area contributed by atoms with Crippen molar-refractivity contribution in [2.75, 3.05) is 31.8 Å². The lowest BCUT2D eigenvalue weighted by Crippen LogP contribution is -2.05. The topological polar surface area (TPSA) is 83.3 Å². The van der Waals surface area contributed by atoms with Crippen LogP contribution in [0.2, 0.25) is 0 Å². The van der Waals surface area contributed by atoms with Gasteiger partial charge in [-0.25, -0.2) is 15.0 Å². The number of fused-ring (bicyclic) bond motifs is 1. The fraction of sp³-hybridized carbons (Fsp3) is 0.292. The Morgan fingerprint density at radius 1 is 1.00 bits per heavy atom. The molecule has 4 rings (SSSR count). The first-order valence-corrected chi connectivity index (χ1v) is 11.9. The summed E-state index contributed by atoms with van der Waals surface area (Å²) in [5, 5.41) is 0. The van der Waals surface area contributed by atoms with E-state index in [2.05, 4.69) is 14.7 Å². The van der Waals surface area contributed by atoms with Crippen LogP contribution in [0.1, 0.15) is 20.8 Å². The number of nitrogens with zero attached hydrogens (tertiary/aromatic N) is 4. The van der Waals surface area contributed by atoms with E-state index >= 15 is 0 Å². The second kappa shape index (κ2) is 11.4. The molecule has 0 atom stereocenters. The Kier molecular flexibility index (Phi) is 8.37. The lowest BCUT2D eigenvalue weighted by Gasteiger charge is -2.17. The molecule has 9 heteroatoms. The zero-order chi connectivity index (χ0) is 23.8.